The Morgan fingerprint density at radius 3 is 2.79 bits per heavy atom. The minimum absolute atomic E-state index is 0.0996. The van der Waals surface area contributed by atoms with E-state index in [4.69, 9.17) is 0 Å². The van der Waals surface area contributed by atoms with Crippen LogP contribution in [0.5, 0.6) is 0 Å². The van der Waals surface area contributed by atoms with Gasteiger partial charge >= 0.3 is 0 Å². The standard InChI is InChI=1S/C17H15FO/c1-11-8-13(6-7-16(11)18)17(19)10-14-9-12-4-2-3-5-15(12)14/h2-8,14H,9-10H2,1H3. The molecule has 0 aliphatic heterocycles. The maximum absolute atomic E-state index is 13.2. The van der Waals surface area contributed by atoms with E-state index in [1.54, 1.807) is 19.1 Å². The summed E-state index contributed by atoms with van der Waals surface area (Å²) in [7, 11) is 0. The van der Waals surface area contributed by atoms with E-state index in [1.165, 1.54) is 17.2 Å². The van der Waals surface area contributed by atoms with Gasteiger partial charge in [0.05, 0.1) is 0 Å². The fraction of sp³-hybridized carbons (Fsp3) is 0.235. The molecule has 19 heavy (non-hydrogen) atoms. The third-order valence-corrected chi connectivity index (χ3v) is 3.87. The average molecular weight is 254 g/mol. The summed E-state index contributed by atoms with van der Waals surface area (Å²) < 4.78 is 13.2. The predicted octanol–water partition coefficient (Wildman–Crippen LogP) is 4.05. The second-order valence-electron chi connectivity index (χ2n) is 5.19. The molecule has 2 aromatic rings. The van der Waals surface area contributed by atoms with Gasteiger partial charge in [0.15, 0.2) is 5.78 Å². The lowest BCUT2D eigenvalue weighted by atomic mass is 9.74. The molecular weight excluding hydrogens is 239 g/mol. The quantitative estimate of drug-likeness (QED) is 0.755. The van der Waals surface area contributed by atoms with E-state index in [-0.39, 0.29) is 11.6 Å². The number of carbonyl (C=O) groups is 1. The van der Waals surface area contributed by atoms with Gasteiger partial charge in [-0.05, 0) is 54.2 Å². The molecule has 1 unspecified atom stereocenters. The number of rotatable bonds is 3. The zero-order valence-corrected chi connectivity index (χ0v) is 10.8. The van der Waals surface area contributed by atoms with Crippen LogP contribution in [-0.4, -0.2) is 5.78 Å². The first-order chi connectivity index (χ1) is 9.15. The molecule has 0 heterocycles. The number of ketones is 1. The fourth-order valence-electron chi connectivity index (χ4n) is 2.70. The number of fused-ring (bicyclic) bond motifs is 1. The summed E-state index contributed by atoms with van der Waals surface area (Å²) in [6, 6.07) is 12.8. The first kappa shape index (κ1) is 12.1. The van der Waals surface area contributed by atoms with Gasteiger partial charge in [-0.1, -0.05) is 24.3 Å². The topological polar surface area (TPSA) is 17.1 Å². The molecule has 1 aliphatic carbocycles. The van der Waals surface area contributed by atoms with Gasteiger partial charge in [0.25, 0.3) is 0 Å². The molecule has 2 heteroatoms. The lowest BCUT2D eigenvalue weighted by Gasteiger charge is -2.29. The third-order valence-electron chi connectivity index (χ3n) is 3.87. The van der Waals surface area contributed by atoms with Gasteiger partial charge in [0.1, 0.15) is 5.82 Å². The van der Waals surface area contributed by atoms with Crippen LogP contribution in [0.25, 0.3) is 0 Å². The smallest absolute Gasteiger partial charge is 0.163 e. The summed E-state index contributed by atoms with van der Waals surface area (Å²) in [6.45, 7) is 1.69. The molecule has 0 saturated heterocycles. The molecule has 0 fully saturated rings. The lowest BCUT2D eigenvalue weighted by Crippen LogP contribution is -2.20. The Labute approximate surface area is 112 Å². The molecule has 96 valence electrons. The Bertz CT molecular complexity index is 645. The fourth-order valence-corrected chi connectivity index (χ4v) is 2.70. The highest BCUT2D eigenvalue weighted by atomic mass is 19.1. The summed E-state index contributed by atoms with van der Waals surface area (Å²) in [4.78, 5) is 12.2. The molecule has 0 saturated carbocycles. The van der Waals surface area contributed by atoms with Crippen LogP contribution in [0.15, 0.2) is 42.5 Å². The van der Waals surface area contributed by atoms with E-state index < -0.39 is 0 Å². The minimum Gasteiger partial charge on any atom is -0.294 e. The highest BCUT2D eigenvalue weighted by Gasteiger charge is 2.27. The molecule has 0 bridgehead atoms. The number of halogens is 1. The van der Waals surface area contributed by atoms with Crippen molar-refractivity contribution < 1.29 is 9.18 Å². The Kier molecular flexibility index (Phi) is 2.94. The van der Waals surface area contributed by atoms with E-state index in [0.29, 0.717) is 23.5 Å². The average Bonchev–Trinajstić information content (AvgIpc) is 2.39. The maximum Gasteiger partial charge on any atom is 0.163 e. The maximum atomic E-state index is 13.2. The minimum atomic E-state index is -0.259. The molecule has 1 nitrogen and oxygen atoms in total. The van der Waals surface area contributed by atoms with Crippen LogP contribution in [-0.2, 0) is 6.42 Å². The van der Waals surface area contributed by atoms with Crippen LogP contribution in [0.1, 0.15) is 39.4 Å². The Hall–Kier alpha value is -1.96. The largest absolute Gasteiger partial charge is 0.294 e. The van der Waals surface area contributed by atoms with Crippen molar-refractivity contribution in [1.29, 1.82) is 0 Å². The van der Waals surface area contributed by atoms with Gasteiger partial charge in [-0.15, -0.1) is 0 Å². The first-order valence-corrected chi connectivity index (χ1v) is 6.52. The molecule has 0 aromatic heterocycles. The molecular formula is C17H15FO. The van der Waals surface area contributed by atoms with Gasteiger partial charge in [0, 0.05) is 12.0 Å². The number of carbonyl (C=O) groups excluding carboxylic acids is 1. The normalized spacial score (nSPS) is 16.6. The van der Waals surface area contributed by atoms with Crippen molar-refractivity contribution in [3.8, 4) is 0 Å². The zero-order chi connectivity index (χ0) is 13.4. The molecule has 0 spiro atoms. The zero-order valence-electron chi connectivity index (χ0n) is 10.8. The van der Waals surface area contributed by atoms with Crippen LogP contribution in [0, 0.1) is 12.7 Å². The van der Waals surface area contributed by atoms with E-state index in [9.17, 15) is 9.18 Å². The predicted molar refractivity (Wildman–Crippen MR) is 73.0 cm³/mol. The van der Waals surface area contributed by atoms with Crippen molar-refractivity contribution in [2.75, 3.05) is 0 Å². The van der Waals surface area contributed by atoms with E-state index in [2.05, 4.69) is 12.1 Å². The SMILES string of the molecule is Cc1cc(C(=O)CC2Cc3ccccc32)ccc1F. The monoisotopic (exact) mass is 254 g/mol. The van der Waals surface area contributed by atoms with E-state index in [0.717, 1.165) is 6.42 Å². The van der Waals surface area contributed by atoms with Crippen molar-refractivity contribution in [2.24, 2.45) is 0 Å². The summed E-state index contributed by atoms with van der Waals surface area (Å²) in [5.41, 5.74) is 3.77. The number of Topliss-reactive ketones (excluding diaryl/α,β-unsaturated/α-hetero) is 1. The molecule has 1 atom stereocenters. The lowest BCUT2D eigenvalue weighted by molar-refractivity contribution is 0.0970. The van der Waals surface area contributed by atoms with Crippen molar-refractivity contribution in [3.63, 3.8) is 0 Å². The number of hydrogen-bond donors (Lipinski definition) is 0. The van der Waals surface area contributed by atoms with Crippen LogP contribution < -0.4 is 0 Å². The van der Waals surface area contributed by atoms with Crippen LogP contribution in [0.4, 0.5) is 4.39 Å². The Morgan fingerprint density at radius 1 is 1.26 bits per heavy atom. The molecule has 0 radical (unpaired) electrons. The van der Waals surface area contributed by atoms with Crippen molar-refractivity contribution in [3.05, 3.63) is 70.5 Å². The van der Waals surface area contributed by atoms with Gasteiger partial charge in [0.2, 0.25) is 0 Å². The van der Waals surface area contributed by atoms with Gasteiger partial charge < -0.3 is 0 Å². The molecule has 3 rings (SSSR count). The second-order valence-corrected chi connectivity index (χ2v) is 5.19. The Morgan fingerprint density at radius 2 is 2.05 bits per heavy atom. The summed E-state index contributed by atoms with van der Waals surface area (Å²) in [6.07, 6.45) is 1.49. The highest BCUT2D eigenvalue weighted by Crippen LogP contribution is 2.37. The van der Waals surface area contributed by atoms with Crippen molar-refractivity contribution >= 4 is 5.78 Å². The molecule has 2 aromatic carbocycles. The third kappa shape index (κ3) is 2.19. The van der Waals surface area contributed by atoms with Gasteiger partial charge in [-0.3, -0.25) is 4.79 Å². The number of hydrogen-bond acceptors (Lipinski definition) is 1. The van der Waals surface area contributed by atoms with Gasteiger partial charge in [-0.2, -0.15) is 0 Å². The second kappa shape index (κ2) is 4.61. The summed E-state index contributed by atoms with van der Waals surface area (Å²) in [5.74, 6) is 0.169. The van der Waals surface area contributed by atoms with Crippen molar-refractivity contribution in [2.45, 2.75) is 25.7 Å². The van der Waals surface area contributed by atoms with Crippen LogP contribution in [0.3, 0.4) is 0 Å². The van der Waals surface area contributed by atoms with E-state index >= 15 is 0 Å². The van der Waals surface area contributed by atoms with Crippen molar-refractivity contribution in [1.82, 2.24) is 0 Å². The summed E-state index contributed by atoms with van der Waals surface area (Å²) in [5, 5.41) is 0. The number of aryl methyl sites for hydroxylation is 1. The molecule has 0 amide bonds. The Balaban J connectivity index is 1.75. The summed E-state index contributed by atoms with van der Waals surface area (Å²) >= 11 is 0. The van der Waals surface area contributed by atoms with Gasteiger partial charge in [-0.25, -0.2) is 4.39 Å². The van der Waals surface area contributed by atoms with Crippen LogP contribution in [0.2, 0.25) is 0 Å². The first-order valence-electron chi connectivity index (χ1n) is 6.52. The highest BCUT2D eigenvalue weighted by molar-refractivity contribution is 5.97. The molecule has 1 aliphatic rings. The molecule has 0 N–H and O–H groups in total. The van der Waals surface area contributed by atoms with E-state index in [1.807, 2.05) is 12.1 Å². The van der Waals surface area contributed by atoms with Crippen LogP contribution >= 0.6 is 0 Å². The number of benzene rings is 2.